The van der Waals surface area contributed by atoms with Gasteiger partial charge in [0.15, 0.2) is 4.80 Å². The van der Waals surface area contributed by atoms with Gasteiger partial charge in [-0.3, -0.25) is 19.5 Å². The third-order valence-electron chi connectivity index (χ3n) is 6.83. The lowest BCUT2D eigenvalue weighted by molar-refractivity contribution is -0.385. The highest BCUT2D eigenvalue weighted by atomic mass is 32.1. The van der Waals surface area contributed by atoms with Crippen molar-refractivity contribution in [1.29, 1.82) is 0 Å². The van der Waals surface area contributed by atoms with E-state index in [1.165, 1.54) is 22.0 Å². The van der Waals surface area contributed by atoms with Gasteiger partial charge in [0.2, 0.25) is 0 Å². The number of carbonyl (C=O) groups excluding carboxylic acids is 1. The first-order valence-electron chi connectivity index (χ1n) is 12.9. The summed E-state index contributed by atoms with van der Waals surface area (Å²) in [5.74, 6) is 0.320. The molecule has 0 bridgehead atoms. The van der Waals surface area contributed by atoms with E-state index in [1.807, 2.05) is 43.3 Å². The summed E-state index contributed by atoms with van der Waals surface area (Å²) in [5.41, 5.74) is 3.31. The Morgan fingerprint density at radius 3 is 2.56 bits per heavy atom. The average Bonchev–Trinajstić information content (AvgIpc) is 3.52. The van der Waals surface area contributed by atoms with E-state index in [1.54, 1.807) is 51.1 Å². The molecular formula is C30H28N4O6S. The second-order valence-electron chi connectivity index (χ2n) is 9.75. The predicted molar refractivity (Wildman–Crippen MR) is 157 cm³/mol. The largest absolute Gasteiger partial charge is 0.463 e. The van der Waals surface area contributed by atoms with Crippen LogP contribution in [-0.4, -0.2) is 36.2 Å². The van der Waals surface area contributed by atoms with Crippen LogP contribution in [0, 0.1) is 17.0 Å². The Morgan fingerprint density at radius 1 is 1.17 bits per heavy atom. The van der Waals surface area contributed by atoms with Gasteiger partial charge in [0, 0.05) is 43.1 Å². The summed E-state index contributed by atoms with van der Waals surface area (Å²) >= 11 is 1.19. The van der Waals surface area contributed by atoms with Crippen molar-refractivity contribution in [3.8, 4) is 11.3 Å². The summed E-state index contributed by atoms with van der Waals surface area (Å²) < 4.78 is 13.2. The van der Waals surface area contributed by atoms with Gasteiger partial charge < -0.3 is 14.1 Å². The number of ether oxygens (including phenoxy) is 1. The van der Waals surface area contributed by atoms with E-state index >= 15 is 0 Å². The molecule has 0 amide bonds. The van der Waals surface area contributed by atoms with Gasteiger partial charge in [-0.05, 0) is 50.6 Å². The Labute approximate surface area is 239 Å². The predicted octanol–water partition coefficient (Wildman–Crippen LogP) is 4.34. The van der Waals surface area contributed by atoms with Crippen molar-refractivity contribution in [2.45, 2.75) is 26.8 Å². The van der Waals surface area contributed by atoms with Crippen molar-refractivity contribution in [1.82, 2.24) is 4.57 Å². The van der Waals surface area contributed by atoms with Gasteiger partial charge in [-0.15, -0.1) is 0 Å². The average molecular weight is 573 g/mol. The van der Waals surface area contributed by atoms with E-state index in [4.69, 9.17) is 9.15 Å². The van der Waals surface area contributed by atoms with Gasteiger partial charge in [0.05, 0.1) is 33.4 Å². The number of furan rings is 1. The summed E-state index contributed by atoms with van der Waals surface area (Å²) in [6.45, 7) is 5.34. The van der Waals surface area contributed by atoms with E-state index in [2.05, 4.69) is 4.99 Å². The number of aromatic nitrogens is 1. The molecule has 0 saturated heterocycles. The number of fused-ring (bicyclic) bond motifs is 1. The molecule has 0 N–H and O–H groups in total. The van der Waals surface area contributed by atoms with Gasteiger partial charge >= 0.3 is 5.97 Å². The number of nitro benzene ring substituents is 1. The number of nitrogens with zero attached hydrogens (tertiary/aromatic N) is 4. The highest BCUT2D eigenvalue weighted by Crippen LogP contribution is 2.32. The molecule has 1 aliphatic heterocycles. The van der Waals surface area contributed by atoms with E-state index in [-0.39, 0.29) is 17.9 Å². The monoisotopic (exact) mass is 572 g/mol. The maximum atomic E-state index is 13.8. The lowest BCUT2D eigenvalue weighted by atomic mass is 9.95. The summed E-state index contributed by atoms with van der Waals surface area (Å²) in [6.07, 6.45) is 1.62. The number of hydrogen-bond donors (Lipinski definition) is 0. The van der Waals surface area contributed by atoms with E-state index in [0.29, 0.717) is 43.3 Å². The van der Waals surface area contributed by atoms with Crippen molar-refractivity contribution in [2.75, 3.05) is 25.6 Å². The molecular weight excluding hydrogens is 544 g/mol. The number of rotatable bonds is 7. The summed E-state index contributed by atoms with van der Waals surface area (Å²) in [4.78, 5) is 44.9. The minimum Gasteiger partial charge on any atom is -0.463 e. The van der Waals surface area contributed by atoms with E-state index in [0.717, 1.165) is 11.3 Å². The van der Waals surface area contributed by atoms with E-state index < -0.39 is 16.9 Å². The van der Waals surface area contributed by atoms with Crippen molar-refractivity contribution in [3.63, 3.8) is 0 Å². The second-order valence-corrected chi connectivity index (χ2v) is 10.8. The number of esters is 1. The first kappa shape index (κ1) is 27.8. The van der Waals surface area contributed by atoms with Gasteiger partial charge in [-0.1, -0.05) is 35.6 Å². The van der Waals surface area contributed by atoms with E-state index in [9.17, 15) is 19.7 Å². The molecule has 1 aliphatic rings. The number of anilines is 1. The number of nitro groups is 1. The number of carbonyl (C=O) groups is 1. The Hall–Kier alpha value is -4.77. The van der Waals surface area contributed by atoms with Crippen molar-refractivity contribution in [3.05, 3.63) is 113 Å². The van der Waals surface area contributed by atoms with Gasteiger partial charge in [0.1, 0.15) is 11.5 Å². The molecule has 10 nitrogen and oxygen atoms in total. The molecule has 3 heterocycles. The third-order valence-corrected chi connectivity index (χ3v) is 7.82. The Balaban J connectivity index is 1.61. The molecule has 1 atom stereocenters. The Bertz CT molecular complexity index is 1880. The Kier molecular flexibility index (Phi) is 7.46. The maximum Gasteiger partial charge on any atom is 0.338 e. The number of thiazole rings is 1. The highest BCUT2D eigenvalue weighted by Gasteiger charge is 2.33. The fourth-order valence-corrected chi connectivity index (χ4v) is 5.76. The van der Waals surface area contributed by atoms with Crippen LogP contribution in [0.3, 0.4) is 0 Å². The zero-order valence-corrected chi connectivity index (χ0v) is 24.0. The van der Waals surface area contributed by atoms with Gasteiger partial charge in [0.25, 0.3) is 11.2 Å². The molecule has 2 aromatic heterocycles. The lowest BCUT2D eigenvalue weighted by Crippen LogP contribution is -2.39. The quantitative estimate of drug-likeness (QED) is 0.184. The zero-order chi connectivity index (χ0) is 29.4. The number of allylic oxidation sites excluding steroid dienone is 1. The highest BCUT2D eigenvalue weighted by molar-refractivity contribution is 7.07. The molecule has 0 spiro atoms. The maximum absolute atomic E-state index is 13.8. The van der Waals surface area contributed by atoms with Crippen molar-refractivity contribution >= 4 is 34.8 Å². The molecule has 210 valence electrons. The fourth-order valence-electron chi connectivity index (χ4n) is 4.74. The van der Waals surface area contributed by atoms with Crippen LogP contribution in [0.4, 0.5) is 11.4 Å². The standard InChI is InChI=1S/C30H28N4O6S/c1-6-39-29(36)26-18(3)31-30-33(27(26)19-9-11-21(12-10-19)32(4)5)28(35)25(41-30)16-22-13-14-24(40-22)20-8-7-17(2)23(15-20)34(37)38/h7-16,27H,6H2,1-5H3/b25-16+/t27-/m0/s1. The number of benzene rings is 2. The van der Waals surface area contributed by atoms with Crippen LogP contribution in [-0.2, 0) is 9.53 Å². The normalized spacial score (nSPS) is 15.0. The van der Waals surface area contributed by atoms with Gasteiger partial charge in [-0.25, -0.2) is 9.79 Å². The third kappa shape index (κ3) is 5.23. The Morgan fingerprint density at radius 2 is 1.90 bits per heavy atom. The molecule has 4 aromatic rings. The smallest absolute Gasteiger partial charge is 0.338 e. The second kappa shape index (κ2) is 11.0. The lowest BCUT2D eigenvalue weighted by Gasteiger charge is -2.25. The molecule has 11 heteroatoms. The van der Waals surface area contributed by atoms with Crippen molar-refractivity contribution < 1.29 is 18.9 Å². The summed E-state index contributed by atoms with van der Waals surface area (Å²) in [6, 6.07) is 15.2. The molecule has 0 saturated carbocycles. The topological polar surface area (TPSA) is 120 Å². The van der Waals surface area contributed by atoms with Crippen molar-refractivity contribution in [2.24, 2.45) is 4.99 Å². The minimum absolute atomic E-state index is 0.000137. The molecule has 0 unspecified atom stereocenters. The fraction of sp³-hybridized carbons (Fsp3) is 0.233. The summed E-state index contributed by atoms with van der Waals surface area (Å²) in [5, 5.41) is 11.4. The van der Waals surface area contributed by atoms with Crippen LogP contribution in [0.15, 0.2) is 80.1 Å². The molecule has 5 rings (SSSR count). The SMILES string of the molecule is CCOC(=O)C1=C(C)N=c2s/c(=C/c3ccc(-c4ccc(C)c([N+](=O)[O-])c4)o3)c(=O)n2[C@H]1c1ccc(N(C)C)cc1. The molecule has 2 aromatic carbocycles. The molecule has 0 radical (unpaired) electrons. The van der Waals surface area contributed by atoms with Crippen LogP contribution in [0.1, 0.15) is 36.8 Å². The van der Waals surface area contributed by atoms with Crippen LogP contribution < -0.4 is 19.8 Å². The first-order chi connectivity index (χ1) is 19.6. The van der Waals surface area contributed by atoms with Crippen LogP contribution in [0.25, 0.3) is 17.4 Å². The summed E-state index contributed by atoms with van der Waals surface area (Å²) in [7, 11) is 3.87. The number of hydrogen-bond acceptors (Lipinski definition) is 9. The zero-order valence-electron chi connectivity index (χ0n) is 23.2. The van der Waals surface area contributed by atoms with Crippen LogP contribution in [0.2, 0.25) is 0 Å². The number of aryl methyl sites for hydroxylation is 1. The first-order valence-corrected chi connectivity index (χ1v) is 13.7. The van der Waals surface area contributed by atoms with Crippen LogP contribution >= 0.6 is 11.3 Å². The van der Waals surface area contributed by atoms with Gasteiger partial charge in [-0.2, -0.15) is 0 Å². The molecule has 0 aliphatic carbocycles. The molecule has 41 heavy (non-hydrogen) atoms. The molecule has 0 fully saturated rings. The van der Waals surface area contributed by atoms with Crippen LogP contribution in [0.5, 0.6) is 0 Å². The minimum atomic E-state index is -0.719.